The van der Waals surface area contributed by atoms with Crippen molar-refractivity contribution in [2.24, 2.45) is 0 Å². The highest BCUT2D eigenvalue weighted by Gasteiger charge is 2.20. The van der Waals surface area contributed by atoms with Crippen LogP contribution in [0.3, 0.4) is 0 Å². The molecule has 0 radical (unpaired) electrons. The van der Waals surface area contributed by atoms with E-state index < -0.39 is 0 Å². The van der Waals surface area contributed by atoms with Crippen molar-refractivity contribution in [1.82, 2.24) is 20.3 Å². The molecule has 1 fully saturated rings. The molecule has 1 aliphatic rings. The van der Waals surface area contributed by atoms with Crippen LogP contribution in [-0.4, -0.2) is 20.3 Å². The van der Waals surface area contributed by atoms with Crippen LogP contribution in [0.2, 0.25) is 0 Å². The summed E-state index contributed by atoms with van der Waals surface area (Å²) >= 11 is 0. The Morgan fingerprint density at radius 2 is 1.89 bits per heavy atom. The van der Waals surface area contributed by atoms with Crippen molar-refractivity contribution in [3.8, 4) is 11.6 Å². The summed E-state index contributed by atoms with van der Waals surface area (Å²) in [5, 5.41) is 10.8. The minimum atomic E-state index is 0.429. The fraction of sp³-hybridized carbons (Fsp3) is 0.615. The largest absolute Gasteiger partial charge is 0.382 e. The van der Waals surface area contributed by atoms with E-state index in [4.69, 9.17) is 10.3 Å². The Morgan fingerprint density at radius 3 is 2.58 bits per heavy atom. The molecule has 1 saturated carbocycles. The normalized spacial score (nSPS) is 18.1. The van der Waals surface area contributed by atoms with Gasteiger partial charge in [-0.15, -0.1) is 0 Å². The number of nitrogens with one attached hydrogen (secondary N) is 1. The average Bonchev–Trinajstić information content (AvgIpc) is 2.97. The Kier molecular flexibility index (Phi) is 3.48. The molecule has 0 saturated heterocycles. The van der Waals surface area contributed by atoms with Crippen molar-refractivity contribution in [1.29, 1.82) is 0 Å². The van der Waals surface area contributed by atoms with Crippen molar-refractivity contribution in [3.63, 3.8) is 0 Å². The van der Waals surface area contributed by atoms with Gasteiger partial charge >= 0.3 is 0 Å². The number of hydrogen-bond acceptors (Lipinski definition) is 5. The first kappa shape index (κ1) is 12.2. The molecule has 0 aliphatic heterocycles. The Morgan fingerprint density at radius 1 is 1.16 bits per heavy atom. The molecular formula is C13H19N5O. The van der Waals surface area contributed by atoms with Gasteiger partial charge in [0.1, 0.15) is 11.5 Å². The molecule has 0 bridgehead atoms. The first-order chi connectivity index (χ1) is 9.33. The van der Waals surface area contributed by atoms with Gasteiger partial charge in [-0.2, -0.15) is 10.1 Å². The molecule has 19 heavy (non-hydrogen) atoms. The molecule has 3 rings (SSSR count). The lowest BCUT2D eigenvalue weighted by Crippen LogP contribution is -2.04. The van der Waals surface area contributed by atoms with E-state index in [1.807, 2.05) is 0 Å². The highest BCUT2D eigenvalue weighted by molar-refractivity contribution is 5.51. The quantitative estimate of drug-likeness (QED) is 0.866. The van der Waals surface area contributed by atoms with Crippen LogP contribution in [0.1, 0.15) is 56.7 Å². The molecule has 0 unspecified atom stereocenters. The molecule has 3 N–H and O–H groups in total. The number of anilines is 1. The third-order valence-electron chi connectivity index (χ3n) is 3.74. The van der Waals surface area contributed by atoms with E-state index in [0.29, 0.717) is 23.3 Å². The number of aromatic nitrogens is 4. The Bertz CT molecular complexity index is 525. The summed E-state index contributed by atoms with van der Waals surface area (Å²) in [6.07, 6.45) is 8.82. The molecule has 6 nitrogen and oxygen atoms in total. The molecule has 102 valence electrons. The van der Waals surface area contributed by atoms with E-state index in [2.05, 4.69) is 20.3 Å². The Labute approximate surface area is 111 Å². The fourth-order valence-corrected chi connectivity index (χ4v) is 2.67. The van der Waals surface area contributed by atoms with Crippen LogP contribution >= 0.6 is 0 Å². The lowest BCUT2D eigenvalue weighted by molar-refractivity contribution is 0.392. The van der Waals surface area contributed by atoms with Gasteiger partial charge in [0.25, 0.3) is 5.89 Å². The van der Waals surface area contributed by atoms with E-state index in [9.17, 15) is 0 Å². The highest BCUT2D eigenvalue weighted by Crippen LogP contribution is 2.30. The number of aromatic amines is 1. The Hall–Kier alpha value is -1.85. The van der Waals surface area contributed by atoms with Gasteiger partial charge in [0.2, 0.25) is 0 Å². The van der Waals surface area contributed by atoms with Gasteiger partial charge in [0.05, 0.1) is 0 Å². The van der Waals surface area contributed by atoms with Gasteiger partial charge in [-0.25, -0.2) is 0 Å². The highest BCUT2D eigenvalue weighted by atomic mass is 16.5. The molecule has 2 heterocycles. The number of nitrogens with zero attached hydrogens (tertiary/aromatic N) is 3. The van der Waals surface area contributed by atoms with Crippen LogP contribution in [-0.2, 0) is 0 Å². The molecule has 6 heteroatoms. The number of nitrogen functional groups attached to an aromatic ring is 1. The van der Waals surface area contributed by atoms with Crippen molar-refractivity contribution in [2.45, 2.75) is 50.9 Å². The molecule has 0 aromatic carbocycles. The molecule has 2 aromatic heterocycles. The van der Waals surface area contributed by atoms with Crippen molar-refractivity contribution >= 4 is 5.82 Å². The summed E-state index contributed by atoms with van der Waals surface area (Å²) < 4.78 is 5.30. The maximum absolute atomic E-state index is 5.57. The summed E-state index contributed by atoms with van der Waals surface area (Å²) in [5.74, 6) is 2.16. The zero-order valence-corrected chi connectivity index (χ0v) is 10.9. The zero-order chi connectivity index (χ0) is 13.1. The Balaban J connectivity index is 1.76. The number of hydrogen-bond donors (Lipinski definition) is 2. The lowest BCUT2D eigenvalue weighted by atomic mass is 9.91. The van der Waals surface area contributed by atoms with Gasteiger partial charge < -0.3 is 10.3 Å². The zero-order valence-electron chi connectivity index (χ0n) is 10.9. The maximum Gasteiger partial charge on any atom is 0.276 e. The summed E-state index contributed by atoms with van der Waals surface area (Å²) in [6, 6.07) is 1.70. The SMILES string of the molecule is Nc1cc(-c2nc(C3CCCCCCC3)no2)[nH]n1. The van der Waals surface area contributed by atoms with Gasteiger partial charge in [0, 0.05) is 12.0 Å². The predicted molar refractivity (Wildman–Crippen MR) is 71.4 cm³/mol. The summed E-state index contributed by atoms with van der Waals surface area (Å²) in [5.41, 5.74) is 6.25. The van der Waals surface area contributed by atoms with E-state index in [1.165, 1.54) is 32.1 Å². The molecule has 2 aromatic rings. The predicted octanol–water partition coefficient (Wildman–Crippen LogP) is 2.87. The van der Waals surface area contributed by atoms with Crippen LogP contribution in [0.15, 0.2) is 10.6 Å². The van der Waals surface area contributed by atoms with Crippen molar-refractivity contribution < 1.29 is 4.52 Å². The fourth-order valence-electron chi connectivity index (χ4n) is 2.67. The van der Waals surface area contributed by atoms with Crippen LogP contribution in [0.4, 0.5) is 5.82 Å². The van der Waals surface area contributed by atoms with Crippen molar-refractivity contribution in [3.05, 3.63) is 11.9 Å². The van der Waals surface area contributed by atoms with E-state index in [0.717, 1.165) is 18.7 Å². The van der Waals surface area contributed by atoms with Crippen LogP contribution in [0.5, 0.6) is 0 Å². The summed E-state index contributed by atoms with van der Waals surface area (Å²) in [4.78, 5) is 4.49. The second kappa shape index (κ2) is 5.42. The van der Waals surface area contributed by atoms with Gasteiger partial charge in [-0.05, 0) is 12.8 Å². The van der Waals surface area contributed by atoms with Gasteiger partial charge in [-0.1, -0.05) is 37.3 Å². The summed E-state index contributed by atoms with van der Waals surface area (Å²) in [6.45, 7) is 0. The monoisotopic (exact) mass is 261 g/mol. The first-order valence-electron chi connectivity index (χ1n) is 6.98. The second-order valence-corrected chi connectivity index (χ2v) is 5.21. The standard InChI is InChI=1S/C13H19N5O/c14-11-8-10(16-17-11)13-15-12(18-19-13)9-6-4-2-1-3-5-7-9/h8-9H,1-7H2,(H3,14,16,17). The summed E-state index contributed by atoms with van der Waals surface area (Å²) in [7, 11) is 0. The topological polar surface area (TPSA) is 93.6 Å². The maximum atomic E-state index is 5.57. The second-order valence-electron chi connectivity index (χ2n) is 5.21. The minimum absolute atomic E-state index is 0.429. The van der Waals surface area contributed by atoms with E-state index >= 15 is 0 Å². The van der Waals surface area contributed by atoms with Crippen LogP contribution in [0.25, 0.3) is 11.6 Å². The molecule has 0 atom stereocenters. The van der Waals surface area contributed by atoms with Gasteiger partial charge in [0.15, 0.2) is 5.82 Å². The lowest BCUT2D eigenvalue weighted by Gasteiger charge is -2.15. The van der Waals surface area contributed by atoms with Crippen molar-refractivity contribution in [2.75, 3.05) is 5.73 Å². The molecule has 1 aliphatic carbocycles. The van der Waals surface area contributed by atoms with Crippen LogP contribution < -0.4 is 5.73 Å². The number of H-pyrrole nitrogens is 1. The number of rotatable bonds is 2. The number of nitrogens with two attached hydrogens (primary N) is 1. The van der Waals surface area contributed by atoms with Gasteiger partial charge in [-0.3, -0.25) is 5.10 Å². The third kappa shape index (κ3) is 2.77. The van der Waals surface area contributed by atoms with E-state index in [-0.39, 0.29) is 0 Å². The van der Waals surface area contributed by atoms with E-state index in [1.54, 1.807) is 6.07 Å². The molecule has 0 amide bonds. The molecule has 0 spiro atoms. The average molecular weight is 261 g/mol. The van der Waals surface area contributed by atoms with Crippen LogP contribution in [0, 0.1) is 0 Å². The molecular weight excluding hydrogens is 242 g/mol. The third-order valence-corrected chi connectivity index (χ3v) is 3.74. The smallest absolute Gasteiger partial charge is 0.276 e. The first-order valence-corrected chi connectivity index (χ1v) is 6.98. The minimum Gasteiger partial charge on any atom is -0.382 e.